The molecule has 6 heteroatoms. The van der Waals surface area contributed by atoms with Gasteiger partial charge < -0.3 is 10.6 Å². The maximum absolute atomic E-state index is 12.1. The van der Waals surface area contributed by atoms with E-state index in [1.165, 1.54) is 12.1 Å². The molecule has 0 bridgehead atoms. The molecule has 0 radical (unpaired) electrons. The van der Waals surface area contributed by atoms with Gasteiger partial charge in [-0.3, -0.25) is 4.79 Å². The molecule has 1 fully saturated rings. The third-order valence-corrected chi connectivity index (χ3v) is 4.20. The van der Waals surface area contributed by atoms with E-state index in [1.54, 1.807) is 17.0 Å². The monoisotopic (exact) mass is 268 g/mol. The zero-order valence-electron chi connectivity index (χ0n) is 10.2. The van der Waals surface area contributed by atoms with Gasteiger partial charge in [0.15, 0.2) is 9.84 Å². The van der Waals surface area contributed by atoms with Crippen LogP contribution in [0.5, 0.6) is 0 Å². The van der Waals surface area contributed by atoms with Gasteiger partial charge in [-0.1, -0.05) is 6.07 Å². The molecule has 0 unspecified atom stereocenters. The Morgan fingerprint density at radius 2 is 2.11 bits per heavy atom. The highest BCUT2D eigenvalue weighted by molar-refractivity contribution is 7.90. The van der Waals surface area contributed by atoms with Crippen LogP contribution in [0.15, 0.2) is 29.2 Å². The molecule has 18 heavy (non-hydrogen) atoms. The minimum Gasteiger partial charge on any atom is -0.338 e. The van der Waals surface area contributed by atoms with E-state index in [-0.39, 0.29) is 10.8 Å². The number of carbonyl (C=O) groups excluding carboxylic acids is 1. The van der Waals surface area contributed by atoms with Crippen molar-refractivity contribution in [3.63, 3.8) is 0 Å². The summed E-state index contributed by atoms with van der Waals surface area (Å²) >= 11 is 0. The Balaban J connectivity index is 2.17. The first-order valence-corrected chi connectivity index (χ1v) is 7.60. The SMILES string of the molecule is CS(=O)(=O)c1cccc(C(=O)N2CC(CN)C2)c1. The molecule has 98 valence electrons. The largest absolute Gasteiger partial charge is 0.338 e. The molecule has 2 rings (SSSR count). The lowest BCUT2D eigenvalue weighted by Gasteiger charge is -2.38. The average molecular weight is 268 g/mol. The number of nitrogens with zero attached hydrogens (tertiary/aromatic N) is 1. The van der Waals surface area contributed by atoms with Crippen molar-refractivity contribution in [1.82, 2.24) is 4.90 Å². The first-order chi connectivity index (χ1) is 8.41. The van der Waals surface area contributed by atoms with Gasteiger partial charge in [0.05, 0.1) is 4.90 Å². The average Bonchev–Trinajstić information content (AvgIpc) is 2.26. The van der Waals surface area contributed by atoms with Crippen LogP contribution in [-0.4, -0.2) is 45.1 Å². The van der Waals surface area contributed by atoms with Gasteiger partial charge in [0.2, 0.25) is 0 Å². The highest BCUT2D eigenvalue weighted by atomic mass is 32.2. The highest BCUT2D eigenvalue weighted by Crippen LogP contribution is 2.19. The van der Waals surface area contributed by atoms with Crippen molar-refractivity contribution >= 4 is 15.7 Å². The zero-order chi connectivity index (χ0) is 13.3. The fourth-order valence-electron chi connectivity index (χ4n) is 1.93. The molecule has 1 aliphatic rings. The normalized spacial score (nSPS) is 16.4. The van der Waals surface area contributed by atoms with Gasteiger partial charge in [0.25, 0.3) is 5.91 Å². The van der Waals surface area contributed by atoms with E-state index in [0.717, 1.165) is 6.26 Å². The van der Waals surface area contributed by atoms with Crippen LogP contribution in [0.1, 0.15) is 10.4 Å². The van der Waals surface area contributed by atoms with Crippen LogP contribution in [0.25, 0.3) is 0 Å². The number of sulfone groups is 1. The number of rotatable bonds is 3. The van der Waals surface area contributed by atoms with Gasteiger partial charge >= 0.3 is 0 Å². The van der Waals surface area contributed by atoms with Gasteiger partial charge in [-0.25, -0.2) is 8.42 Å². The predicted octanol–water partition coefficient (Wildman–Crippen LogP) is 0.121. The van der Waals surface area contributed by atoms with E-state index in [9.17, 15) is 13.2 Å². The molecule has 1 heterocycles. The molecule has 2 N–H and O–H groups in total. The first-order valence-electron chi connectivity index (χ1n) is 5.71. The standard InChI is InChI=1S/C12H16N2O3S/c1-18(16,17)11-4-2-3-10(5-11)12(15)14-7-9(6-13)8-14/h2-5,9H,6-8,13H2,1H3. The number of likely N-dealkylation sites (tertiary alicyclic amines) is 1. The topological polar surface area (TPSA) is 80.5 Å². The van der Waals surface area contributed by atoms with Crippen LogP contribution >= 0.6 is 0 Å². The van der Waals surface area contributed by atoms with Crippen molar-refractivity contribution in [3.05, 3.63) is 29.8 Å². The molecule has 1 amide bonds. The lowest BCUT2D eigenvalue weighted by molar-refractivity contribution is 0.0515. The highest BCUT2D eigenvalue weighted by Gasteiger charge is 2.30. The van der Waals surface area contributed by atoms with Crippen LogP contribution in [0, 0.1) is 5.92 Å². The molecular formula is C12H16N2O3S. The van der Waals surface area contributed by atoms with Crippen LogP contribution in [-0.2, 0) is 9.84 Å². The Bertz CT molecular complexity index is 562. The molecule has 0 aromatic heterocycles. The van der Waals surface area contributed by atoms with Crippen LogP contribution in [0.3, 0.4) is 0 Å². The third kappa shape index (κ3) is 2.54. The molecule has 0 aliphatic carbocycles. The van der Waals surface area contributed by atoms with Crippen LogP contribution in [0.2, 0.25) is 0 Å². The molecule has 1 aromatic rings. The Hall–Kier alpha value is -1.40. The summed E-state index contributed by atoms with van der Waals surface area (Å²) in [5.74, 6) is 0.234. The lowest BCUT2D eigenvalue weighted by atomic mass is 9.99. The second-order valence-corrected chi connectivity index (χ2v) is 6.63. The van der Waals surface area contributed by atoms with Crippen molar-refractivity contribution in [3.8, 4) is 0 Å². The maximum atomic E-state index is 12.1. The quantitative estimate of drug-likeness (QED) is 0.844. The van der Waals surface area contributed by atoms with Gasteiger partial charge in [-0.05, 0) is 24.7 Å². The van der Waals surface area contributed by atoms with E-state index >= 15 is 0 Å². The van der Waals surface area contributed by atoms with Crippen molar-refractivity contribution < 1.29 is 13.2 Å². The summed E-state index contributed by atoms with van der Waals surface area (Å²) in [6.45, 7) is 1.88. The molecule has 0 atom stereocenters. The Kier molecular flexibility index (Phi) is 3.41. The number of hydrogen-bond acceptors (Lipinski definition) is 4. The Morgan fingerprint density at radius 3 is 2.67 bits per heavy atom. The number of benzene rings is 1. The zero-order valence-corrected chi connectivity index (χ0v) is 11.0. The summed E-state index contributed by atoms with van der Waals surface area (Å²) in [6.07, 6.45) is 1.13. The van der Waals surface area contributed by atoms with Gasteiger partial charge in [0, 0.05) is 30.8 Å². The third-order valence-electron chi connectivity index (χ3n) is 3.09. The van der Waals surface area contributed by atoms with Crippen LogP contribution in [0.4, 0.5) is 0 Å². The summed E-state index contributed by atoms with van der Waals surface area (Å²) in [6, 6.07) is 6.13. The number of amides is 1. The van der Waals surface area contributed by atoms with Crippen molar-refractivity contribution in [1.29, 1.82) is 0 Å². The second-order valence-electron chi connectivity index (χ2n) is 4.61. The fraction of sp³-hybridized carbons (Fsp3) is 0.417. The predicted molar refractivity (Wildman–Crippen MR) is 68.0 cm³/mol. The van der Waals surface area contributed by atoms with Crippen molar-refractivity contribution in [2.45, 2.75) is 4.90 Å². The molecule has 1 aromatic carbocycles. The van der Waals surface area contributed by atoms with E-state index in [1.807, 2.05) is 0 Å². The number of carbonyl (C=O) groups is 1. The summed E-state index contributed by atoms with van der Waals surface area (Å²) < 4.78 is 22.8. The molecule has 0 spiro atoms. The van der Waals surface area contributed by atoms with Gasteiger partial charge in [-0.15, -0.1) is 0 Å². The Morgan fingerprint density at radius 1 is 1.44 bits per heavy atom. The summed E-state index contributed by atoms with van der Waals surface area (Å²) in [7, 11) is -3.28. The van der Waals surface area contributed by atoms with Crippen molar-refractivity contribution in [2.75, 3.05) is 25.9 Å². The van der Waals surface area contributed by atoms with Gasteiger partial charge in [0.1, 0.15) is 0 Å². The molecule has 5 nitrogen and oxygen atoms in total. The minimum absolute atomic E-state index is 0.134. The number of nitrogens with two attached hydrogens (primary N) is 1. The van der Waals surface area contributed by atoms with E-state index in [2.05, 4.69) is 0 Å². The van der Waals surface area contributed by atoms with E-state index in [0.29, 0.717) is 31.1 Å². The fourth-order valence-corrected chi connectivity index (χ4v) is 2.59. The van der Waals surface area contributed by atoms with E-state index in [4.69, 9.17) is 5.73 Å². The lowest BCUT2D eigenvalue weighted by Crippen LogP contribution is -2.52. The maximum Gasteiger partial charge on any atom is 0.253 e. The molecule has 1 saturated heterocycles. The Labute approximate surface area is 107 Å². The number of hydrogen-bond donors (Lipinski definition) is 1. The summed E-state index contributed by atoms with van der Waals surface area (Å²) in [5.41, 5.74) is 5.91. The van der Waals surface area contributed by atoms with Crippen LogP contribution < -0.4 is 5.73 Å². The smallest absolute Gasteiger partial charge is 0.253 e. The second kappa shape index (κ2) is 4.70. The van der Waals surface area contributed by atoms with Gasteiger partial charge in [-0.2, -0.15) is 0 Å². The first kappa shape index (κ1) is 13.0. The molecule has 0 saturated carbocycles. The summed E-state index contributed by atoms with van der Waals surface area (Å²) in [5, 5.41) is 0. The van der Waals surface area contributed by atoms with E-state index < -0.39 is 9.84 Å². The molecular weight excluding hydrogens is 252 g/mol. The molecule has 1 aliphatic heterocycles. The summed E-state index contributed by atoms with van der Waals surface area (Å²) in [4.78, 5) is 13.9. The van der Waals surface area contributed by atoms with Crippen molar-refractivity contribution in [2.24, 2.45) is 11.7 Å². The minimum atomic E-state index is -3.28.